The number of benzene rings is 1. The van der Waals surface area contributed by atoms with Gasteiger partial charge in [0.1, 0.15) is 0 Å². The van der Waals surface area contributed by atoms with Crippen LogP contribution >= 0.6 is 11.3 Å². The Hall–Kier alpha value is -1.85. The molecule has 1 fully saturated rings. The van der Waals surface area contributed by atoms with Crippen molar-refractivity contribution in [2.75, 3.05) is 44.2 Å². The molecule has 2 aromatic rings. The zero-order chi connectivity index (χ0) is 17.6. The van der Waals surface area contributed by atoms with E-state index in [0.717, 1.165) is 39.1 Å². The van der Waals surface area contributed by atoms with Crippen LogP contribution < -0.4 is 15.1 Å². The fourth-order valence-electron chi connectivity index (χ4n) is 3.39. The lowest BCUT2D eigenvalue weighted by Crippen LogP contribution is -3.16. The van der Waals surface area contributed by atoms with Crippen molar-refractivity contribution in [2.24, 2.45) is 0 Å². The van der Waals surface area contributed by atoms with Gasteiger partial charge >= 0.3 is 0 Å². The van der Waals surface area contributed by atoms with Gasteiger partial charge in [0.25, 0.3) is 5.91 Å². The number of quaternary nitrogens is 1. The van der Waals surface area contributed by atoms with Gasteiger partial charge in [0.05, 0.1) is 26.2 Å². The molecule has 2 N–H and O–H groups in total. The summed E-state index contributed by atoms with van der Waals surface area (Å²) in [6, 6.07) is 10.7. The van der Waals surface area contributed by atoms with Crippen LogP contribution in [0.5, 0.6) is 0 Å². The van der Waals surface area contributed by atoms with Crippen LogP contribution in [-0.4, -0.2) is 45.2 Å². The van der Waals surface area contributed by atoms with Gasteiger partial charge in [0, 0.05) is 17.1 Å². The van der Waals surface area contributed by atoms with Crippen LogP contribution in [0.3, 0.4) is 0 Å². The zero-order valence-electron chi connectivity index (χ0n) is 15.2. The number of hydrogen-bond donors (Lipinski definition) is 2. The second-order valence-corrected chi connectivity index (χ2v) is 7.84. The number of carbonyl (C=O) groups is 1. The lowest BCUT2D eigenvalue weighted by molar-refractivity contribution is -0.892. The molecule has 0 saturated carbocycles. The molecule has 0 atom stereocenters. The number of nitrogens with zero attached hydrogens (tertiary/aromatic N) is 1. The molecule has 4 nitrogen and oxygen atoms in total. The number of hydrogen-bond acceptors (Lipinski definition) is 3. The van der Waals surface area contributed by atoms with Crippen molar-refractivity contribution in [1.29, 1.82) is 0 Å². The Kier molecular flexibility index (Phi) is 6.10. The lowest BCUT2D eigenvalue weighted by atomic mass is 10.1. The number of aryl methyl sites for hydroxylation is 1. The fraction of sp³-hybridized carbons (Fsp3) is 0.450. The Morgan fingerprint density at radius 2 is 2.00 bits per heavy atom. The number of thiophene rings is 1. The monoisotopic (exact) mass is 358 g/mol. The zero-order valence-corrected chi connectivity index (χ0v) is 16.0. The molecule has 2 heterocycles. The molecule has 1 aliphatic heterocycles. The van der Waals surface area contributed by atoms with E-state index in [9.17, 15) is 4.79 Å². The molecular weight excluding hydrogens is 330 g/mol. The standard InChI is InChI=1S/C20H27N3OS/c1-16-5-3-7-19(17(16)2)23-12-10-22(11-13-23)15-20(24)21-9-8-18-6-4-14-25-18/h3-7,14H,8-13,15H2,1-2H3,(H,21,24)/p+1. The third-order valence-electron chi connectivity index (χ3n) is 5.07. The van der Waals surface area contributed by atoms with Gasteiger partial charge < -0.3 is 15.1 Å². The van der Waals surface area contributed by atoms with Crippen LogP contribution in [0.25, 0.3) is 0 Å². The number of anilines is 1. The maximum absolute atomic E-state index is 12.1. The molecule has 1 aromatic heterocycles. The third-order valence-corrected chi connectivity index (χ3v) is 6.01. The van der Waals surface area contributed by atoms with Crippen molar-refractivity contribution < 1.29 is 9.69 Å². The van der Waals surface area contributed by atoms with Crippen LogP contribution in [0, 0.1) is 13.8 Å². The van der Waals surface area contributed by atoms with Gasteiger partial charge in [0.15, 0.2) is 6.54 Å². The van der Waals surface area contributed by atoms with Gasteiger partial charge in [-0.25, -0.2) is 0 Å². The summed E-state index contributed by atoms with van der Waals surface area (Å²) in [7, 11) is 0. The molecule has 0 radical (unpaired) electrons. The topological polar surface area (TPSA) is 36.8 Å². The number of amides is 1. The van der Waals surface area contributed by atoms with Gasteiger partial charge in [-0.3, -0.25) is 4.79 Å². The quantitative estimate of drug-likeness (QED) is 0.820. The molecule has 1 aliphatic rings. The molecule has 5 heteroatoms. The summed E-state index contributed by atoms with van der Waals surface area (Å²) < 4.78 is 0. The smallest absolute Gasteiger partial charge is 0.275 e. The average Bonchev–Trinajstić information content (AvgIpc) is 3.12. The van der Waals surface area contributed by atoms with Crippen molar-refractivity contribution in [3.63, 3.8) is 0 Å². The Labute approximate surface area is 154 Å². The lowest BCUT2D eigenvalue weighted by Gasteiger charge is -2.34. The van der Waals surface area contributed by atoms with Crippen molar-refractivity contribution in [1.82, 2.24) is 5.32 Å². The molecule has 0 bridgehead atoms. The Morgan fingerprint density at radius 1 is 1.20 bits per heavy atom. The van der Waals surface area contributed by atoms with Crippen LogP contribution in [0.4, 0.5) is 5.69 Å². The largest absolute Gasteiger partial charge is 0.360 e. The Morgan fingerprint density at radius 3 is 2.72 bits per heavy atom. The van der Waals surface area contributed by atoms with E-state index in [1.165, 1.54) is 26.6 Å². The van der Waals surface area contributed by atoms with Crippen molar-refractivity contribution in [3.8, 4) is 0 Å². The molecule has 25 heavy (non-hydrogen) atoms. The number of carbonyl (C=O) groups excluding carboxylic acids is 1. The highest BCUT2D eigenvalue weighted by molar-refractivity contribution is 7.09. The summed E-state index contributed by atoms with van der Waals surface area (Å²) in [6.07, 6.45) is 0.930. The summed E-state index contributed by atoms with van der Waals surface area (Å²) in [5.41, 5.74) is 4.06. The van der Waals surface area contributed by atoms with Crippen molar-refractivity contribution in [2.45, 2.75) is 20.3 Å². The van der Waals surface area contributed by atoms with Gasteiger partial charge in [-0.1, -0.05) is 18.2 Å². The highest BCUT2D eigenvalue weighted by atomic mass is 32.1. The highest BCUT2D eigenvalue weighted by Gasteiger charge is 2.23. The van der Waals surface area contributed by atoms with Crippen LogP contribution in [0.1, 0.15) is 16.0 Å². The van der Waals surface area contributed by atoms with Gasteiger partial charge in [-0.15, -0.1) is 11.3 Å². The van der Waals surface area contributed by atoms with Crippen LogP contribution in [0.15, 0.2) is 35.7 Å². The first-order chi connectivity index (χ1) is 12.1. The molecule has 0 aliphatic carbocycles. The first-order valence-corrected chi connectivity index (χ1v) is 9.95. The van der Waals surface area contributed by atoms with E-state index in [0.29, 0.717) is 6.54 Å². The van der Waals surface area contributed by atoms with Crippen molar-refractivity contribution in [3.05, 3.63) is 51.7 Å². The Balaban J connectivity index is 1.41. The van der Waals surface area contributed by atoms with Crippen LogP contribution in [0.2, 0.25) is 0 Å². The molecule has 1 amide bonds. The summed E-state index contributed by atoms with van der Waals surface area (Å²) in [6.45, 7) is 9.76. The van der Waals surface area contributed by atoms with Crippen molar-refractivity contribution >= 4 is 22.9 Å². The van der Waals surface area contributed by atoms with E-state index < -0.39 is 0 Å². The maximum Gasteiger partial charge on any atom is 0.275 e. The molecule has 3 rings (SSSR count). The average molecular weight is 359 g/mol. The van der Waals surface area contributed by atoms with Crippen LogP contribution in [-0.2, 0) is 11.2 Å². The molecule has 0 spiro atoms. The van der Waals surface area contributed by atoms with E-state index in [2.05, 4.69) is 59.8 Å². The second-order valence-electron chi connectivity index (χ2n) is 6.81. The Bertz CT molecular complexity index is 691. The normalized spacial score (nSPS) is 15.4. The minimum absolute atomic E-state index is 0.173. The summed E-state index contributed by atoms with van der Waals surface area (Å²) in [5.74, 6) is 0.173. The molecule has 0 unspecified atom stereocenters. The summed E-state index contributed by atoms with van der Waals surface area (Å²) in [4.78, 5) is 17.3. The van der Waals surface area contributed by atoms with Gasteiger partial charge in [-0.2, -0.15) is 0 Å². The minimum Gasteiger partial charge on any atom is -0.360 e. The minimum atomic E-state index is 0.173. The molecule has 1 aromatic carbocycles. The summed E-state index contributed by atoms with van der Waals surface area (Å²) in [5, 5.41) is 5.14. The SMILES string of the molecule is Cc1cccc(N2CC[NH+](CC(=O)NCCc3cccs3)CC2)c1C. The number of nitrogens with one attached hydrogen (secondary N) is 2. The molecule has 1 saturated heterocycles. The number of piperazine rings is 1. The second kappa shape index (κ2) is 8.50. The predicted molar refractivity (Wildman–Crippen MR) is 105 cm³/mol. The van der Waals surface area contributed by atoms with E-state index in [-0.39, 0.29) is 5.91 Å². The van der Waals surface area contributed by atoms with E-state index >= 15 is 0 Å². The first-order valence-electron chi connectivity index (χ1n) is 9.07. The third kappa shape index (κ3) is 4.83. The van der Waals surface area contributed by atoms with Gasteiger partial charge in [-0.05, 0) is 48.9 Å². The molecular formula is C20H28N3OS+. The van der Waals surface area contributed by atoms with E-state index in [4.69, 9.17) is 0 Å². The van der Waals surface area contributed by atoms with E-state index in [1.807, 2.05) is 0 Å². The number of rotatable bonds is 6. The van der Waals surface area contributed by atoms with E-state index in [1.54, 1.807) is 11.3 Å². The highest BCUT2D eigenvalue weighted by Crippen LogP contribution is 2.22. The fourth-order valence-corrected chi connectivity index (χ4v) is 4.10. The first kappa shape index (κ1) is 18.0. The maximum atomic E-state index is 12.1. The van der Waals surface area contributed by atoms with Gasteiger partial charge in [0.2, 0.25) is 0 Å². The molecule has 134 valence electrons. The predicted octanol–water partition coefficient (Wildman–Crippen LogP) is 1.43. The summed E-state index contributed by atoms with van der Waals surface area (Å²) >= 11 is 1.75.